The summed E-state index contributed by atoms with van der Waals surface area (Å²) in [6.45, 7) is 5.78. The van der Waals surface area contributed by atoms with Gasteiger partial charge in [-0.25, -0.2) is 4.68 Å². The number of rotatable bonds is 7. The third kappa shape index (κ3) is 4.60. The molecule has 2 heterocycles. The SMILES string of the molecule is CCn1nnnc1COc1ccc(C(=O)N2CCN(c3ccccc3OC)CC2)cc1. The van der Waals surface area contributed by atoms with Crippen molar-refractivity contribution in [2.24, 2.45) is 0 Å². The van der Waals surface area contributed by atoms with Crippen LogP contribution in [-0.2, 0) is 13.2 Å². The van der Waals surface area contributed by atoms with Crippen LogP contribution in [0.15, 0.2) is 48.5 Å². The molecule has 1 amide bonds. The van der Waals surface area contributed by atoms with E-state index < -0.39 is 0 Å². The van der Waals surface area contributed by atoms with Gasteiger partial charge < -0.3 is 19.3 Å². The summed E-state index contributed by atoms with van der Waals surface area (Å²) in [6, 6.07) is 15.2. The number of nitrogens with zero attached hydrogens (tertiary/aromatic N) is 6. The van der Waals surface area contributed by atoms with Crippen molar-refractivity contribution in [2.45, 2.75) is 20.1 Å². The molecule has 162 valence electrons. The molecule has 9 heteroatoms. The monoisotopic (exact) mass is 422 g/mol. The molecular weight excluding hydrogens is 396 g/mol. The first-order valence-electron chi connectivity index (χ1n) is 10.3. The Bertz CT molecular complexity index is 1010. The van der Waals surface area contributed by atoms with Crippen LogP contribution in [0.5, 0.6) is 11.5 Å². The number of amides is 1. The molecule has 0 atom stereocenters. The normalized spacial score (nSPS) is 13.9. The Labute approximate surface area is 181 Å². The van der Waals surface area contributed by atoms with Crippen LogP contribution in [0, 0.1) is 0 Å². The van der Waals surface area contributed by atoms with Crippen LogP contribution in [0.4, 0.5) is 5.69 Å². The van der Waals surface area contributed by atoms with Gasteiger partial charge in [-0.3, -0.25) is 4.79 Å². The summed E-state index contributed by atoms with van der Waals surface area (Å²) in [5.41, 5.74) is 1.71. The van der Waals surface area contributed by atoms with Gasteiger partial charge in [-0.2, -0.15) is 0 Å². The van der Waals surface area contributed by atoms with E-state index in [2.05, 4.69) is 20.4 Å². The predicted octanol–water partition coefficient (Wildman–Crippen LogP) is 2.24. The van der Waals surface area contributed by atoms with E-state index in [1.54, 1.807) is 36.1 Å². The lowest BCUT2D eigenvalue weighted by Crippen LogP contribution is -2.48. The first-order valence-corrected chi connectivity index (χ1v) is 10.3. The minimum Gasteiger partial charge on any atom is -0.495 e. The number of piperazine rings is 1. The first kappa shape index (κ1) is 20.6. The third-order valence-corrected chi connectivity index (χ3v) is 5.37. The molecule has 0 bridgehead atoms. The number of hydrogen-bond acceptors (Lipinski definition) is 7. The molecule has 1 fully saturated rings. The van der Waals surface area contributed by atoms with Crippen molar-refractivity contribution in [3.05, 3.63) is 59.9 Å². The van der Waals surface area contributed by atoms with Gasteiger partial charge in [-0.1, -0.05) is 12.1 Å². The molecule has 1 aliphatic rings. The summed E-state index contributed by atoms with van der Waals surface area (Å²) >= 11 is 0. The second kappa shape index (κ2) is 9.46. The number of aryl methyl sites for hydroxylation is 1. The maximum Gasteiger partial charge on any atom is 0.253 e. The van der Waals surface area contributed by atoms with Crippen molar-refractivity contribution in [3.63, 3.8) is 0 Å². The van der Waals surface area contributed by atoms with Crippen molar-refractivity contribution in [3.8, 4) is 11.5 Å². The number of methoxy groups -OCH3 is 1. The van der Waals surface area contributed by atoms with Crippen molar-refractivity contribution in [1.82, 2.24) is 25.1 Å². The second-order valence-electron chi connectivity index (χ2n) is 7.18. The fourth-order valence-corrected chi connectivity index (χ4v) is 3.64. The average molecular weight is 422 g/mol. The van der Waals surface area contributed by atoms with E-state index in [1.807, 2.05) is 36.1 Å². The van der Waals surface area contributed by atoms with E-state index in [4.69, 9.17) is 9.47 Å². The quantitative estimate of drug-likeness (QED) is 0.577. The van der Waals surface area contributed by atoms with Gasteiger partial charge in [0.15, 0.2) is 5.82 Å². The molecule has 0 saturated carbocycles. The maximum absolute atomic E-state index is 12.9. The highest BCUT2D eigenvalue weighted by Crippen LogP contribution is 2.28. The molecule has 2 aromatic carbocycles. The lowest BCUT2D eigenvalue weighted by Gasteiger charge is -2.36. The van der Waals surface area contributed by atoms with E-state index in [1.165, 1.54) is 0 Å². The van der Waals surface area contributed by atoms with E-state index in [0.717, 1.165) is 24.5 Å². The summed E-state index contributed by atoms with van der Waals surface area (Å²) in [6.07, 6.45) is 0. The number of aromatic nitrogens is 4. The fraction of sp³-hybridized carbons (Fsp3) is 0.364. The van der Waals surface area contributed by atoms with Gasteiger partial charge in [0.2, 0.25) is 0 Å². The number of carbonyl (C=O) groups is 1. The molecule has 0 aliphatic carbocycles. The highest BCUT2D eigenvalue weighted by Gasteiger charge is 2.23. The fourth-order valence-electron chi connectivity index (χ4n) is 3.64. The highest BCUT2D eigenvalue weighted by molar-refractivity contribution is 5.94. The van der Waals surface area contributed by atoms with Gasteiger partial charge >= 0.3 is 0 Å². The minimum atomic E-state index is 0.0288. The predicted molar refractivity (Wildman–Crippen MR) is 115 cm³/mol. The summed E-state index contributed by atoms with van der Waals surface area (Å²) < 4.78 is 12.9. The van der Waals surface area contributed by atoms with E-state index in [9.17, 15) is 4.79 Å². The topological polar surface area (TPSA) is 85.6 Å². The molecule has 1 aliphatic heterocycles. The van der Waals surface area contributed by atoms with Crippen LogP contribution in [0.1, 0.15) is 23.1 Å². The summed E-state index contributed by atoms with van der Waals surface area (Å²) in [5, 5.41) is 11.5. The number of carbonyl (C=O) groups excluding carboxylic acids is 1. The zero-order valence-electron chi connectivity index (χ0n) is 17.8. The molecule has 1 saturated heterocycles. The number of benzene rings is 2. The Balaban J connectivity index is 1.33. The Morgan fingerprint density at radius 2 is 1.77 bits per heavy atom. The molecule has 3 aromatic rings. The van der Waals surface area contributed by atoms with Crippen molar-refractivity contribution in [2.75, 3.05) is 38.2 Å². The molecule has 1 aromatic heterocycles. The van der Waals surface area contributed by atoms with E-state index >= 15 is 0 Å². The minimum absolute atomic E-state index is 0.0288. The molecule has 0 radical (unpaired) electrons. The van der Waals surface area contributed by atoms with Crippen LogP contribution in [0.3, 0.4) is 0 Å². The average Bonchev–Trinajstić information content (AvgIpc) is 3.30. The van der Waals surface area contributed by atoms with Gasteiger partial charge in [0.05, 0.1) is 12.8 Å². The highest BCUT2D eigenvalue weighted by atomic mass is 16.5. The van der Waals surface area contributed by atoms with E-state index in [0.29, 0.717) is 36.8 Å². The Kier molecular flexibility index (Phi) is 6.30. The smallest absolute Gasteiger partial charge is 0.253 e. The lowest BCUT2D eigenvalue weighted by molar-refractivity contribution is 0.0746. The number of tetrazole rings is 1. The zero-order valence-corrected chi connectivity index (χ0v) is 17.8. The summed E-state index contributed by atoms with van der Waals surface area (Å²) in [7, 11) is 1.68. The third-order valence-electron chi connectivity index (χ3n) is 5.37. The van der Waals surface area contributed by atoms with Crippen LogP contribution in [0.2, 0.25) is 0 Å². The molecule has 9 nitrogen and oxygen atoms in total. The van der Waals surface area contributed by atoms with E-state index in [-0.39, 0.29) is 12.5 Å². The number of ether oxygens (including phenoxy) is 2. The standard InChI is InChI=1S/C22H26N6O3/c1-3-28-21(23-24-25-28)16-31-18-10-8-17(9-11-18)22(29)27-14-12-26(13-15-27)19-6-4-5-7-20(19)30-2/h4-11H,3,12-16H2,1-2H3. The zero-order chi connectivity index (χ0) is 21.6. The van der Waals surface area contributed by atoms with Gasteiger partial charge in [-0.05, 0) is 53.7 Å². The van der Waals surface area contributed by atoms with Crippen LogP contribution in [-0.4, -0.2) is 64.3 Å². The van der Waals surface area contributed by atoms with Gasteiger partial charge in [-0.15, -0.1) is 5.10 Å². The molecule has 31 heavy (non-hydrogen) atoms. The van der Waals surface area contributed by atoms with Crippen LogP contribution < -0.4 is 14.4 Å². The Hall–Kier alpha value is -3.62. The maximum atomic E-state index is 12.9. The van der Waals surface area contributed by atoms with Crippen molar-refractivity contribution in [1.29, 1.82) is 0 Å². The van der Waals surface area contributed by atoms with Gasteiger partial charge in [0, 0.05) is 38.3 Å². The summed E-state index contributed by atoms with van der Waals surface area (Å²) in [5.74, 6) is 2.21. The number of hydrogen-bond donors (Lipinski definition) is 0. The van der Waals surface area contributed by atoms with Gasteiger partial charge in [0.25, 0.3) is 5.91 Å². The number of para-hydroxylation sites is 2. The van der Waals surface area contributed by atoms with Crippen LogP contribution >= 0.6 is 0 Å². The molecule has 0 N–H and O–H groups in total. The second-order valence-corrected chi connectivity index (χ2v) is 7.18. The summed E-state index contributed by atoms with van der Waals surface area (Å²) in [4.78, 5) is 17.1. The first-order chi connectivity index (χ1) is 15.2. The van der Waals surface area contributed by atoms with Gasteiger partial charge in [0.1, 0.15) is 18.1 Å². The largest absolute Gasteiger partial charge is 0.495 e. The molecule has 4 rings (SSSR count). The molecule has 0 unspecified atom stereocenters. The van der Waals surface area contributed by atoms with Crippen LogP contribution in [0.25, 0.3) is 0 Å². The molecular formula is C22H26N6O3. The Morgan fingerprint density at radius 1 is 1.03 bits per heavy atom. The lowest BCUT2D eigenvalue weighted by atomic mass is 10.1. The number of anilines is 1. The van der Waals surface area contributed by atoms with Crippen molar-refractivity contribution < 1.29 is 14.3 Å². The Morgan fingerprint density at radius 3 is 2.48 bits per heavy atom. The molecule has 0 spiro atoms. The van der Waals surface area contributed by atoms with Crippen molar-refractivity contribution >= 4 is 11.6 Å².